The van der Waals surface area contributed by atoms with E-state index in [1.54, 1.807) is 6.92 Å². The molecule has 1 N–H and O–H groups in total. The number of sulfone groups is 1. The SMILES string of the molecule is CCS(=O)(=O)CCCC(CC1CC2CCC1C2)NC. The molecule has 0 heterocycles. The second-order valence-corrected chi connectivity index (χ2v) is 9.01. The largest absolute Gasteiger partial charge is 0.317 e. The summed E-state index contributed by atoms with van der Waals surface area (Å²) in [6.45, 7) is 1.74. The van der Waals surface area contributed by atoms with Crippen molar-refractivity contribution in [2.24, 2.45) is 17.8 Å². The van der Waals surface area contributed by atoms with Crippen LogP contribution in [0.2, 0.25) is 0 Å². The van der Waals surface area contributed by atoms with Gasteiger partial charge in [0.2, 0.25) is 0 Å². The first-order chi connectivity index (χ1) is 9.04. The minimum Gasteiger partial charge on any atom is -0.317 e. The summed E-state index contributed by atoms with van der Waals surface area (Å²) in [5.41, 5.74) is 0. The summed E-state index contributed by atoms with van der Waals surface area (Å²) in [7, 11) is -0.767. The Hall–Kier alpha value is -0.0900. The molecule has 2 saturated carbocycles. The summed E-state index contributed by atoms with van der Waals surface area (Å²) in [4.78, 5) is 0. The van der Waals surface area contributed by atoms with Gasteiger partial charge < -0.3 is 5.32 Å². The fraction of sp³-hybridized carbons (Fsp3) is 1.00. The number of rotatable bonds is 8. The van der Waals surface area contributed by atoms with Crippen molar-refractivity contribution >= 4 is 9.84 Å². The van der Waals surface area contributed by atoms with Gasteiger partial charge in [-0.15, -0.1) is 0 Å². The molecule has 2 fully saturated rings. The smallest absolute Gasteiger partial charge is 0.150 e. The van der Waals surface area contributed by atoms with Crippen LogP contribution < -0.4 is 5.32 Å². The van der Waals surface area contributed by atoms with E-state index >= 15 is 0 Å². The van der Waals surface area contributed by atoms with E-state index in [9.17, 15) is 8.42 Å². The maximum atomic E-state index is 11.5. The van der Waals surface area contributed by atoms with E-state index in [4.69, 9.17) is 0 Å². The van der Waals surface area contributed by atoms with Gasteiger partial charge in [-0.2, -0.15) is 0 Å². The zero-order valence-electron chi connectivity index (χ0n) is 12.4. The molecular weight excluding hydrogens is 258 g/mol. The van der Waals surface area contributed by atoms with Gasteiger partial charge in [-0.1, -0.05) is 13.3 Å². The second-order valence-electron chi connectivity index (χ2n) is 6.53. The lowest BCUT2D eigenvalue weighted by Gasteiger charge is -2.26. The number of hydrogen-bond donors (Lipinski definition) is 1. The molecule has 0 spiro atoms. The van der Waals surface area contributed by atoms with Gasteiger partial charge in [0.15, 0.2) is 0 Å². The van der Waals surface area contributed by atoms with Crippen molar-refractivity contribution in [1.29, 1.82) is 0 Å². The fourth-order valence-electron chi connectivity index (χ4n) is 4.10. The van der Waals surface area contributed by atoms with E-state index in [1.165, 1.54) is 32.1 Å². The molecule has 112 valence electrons. The molecule has 0 aromatic carbocycles. The maximum absolute atomic E-state index is 11.5. The molecule has 0 aromatic heterocycles. The molecule has 2 rings (SSSR count). The molecule has 0 radical (unpaired) electrons. The summed E-state index contributed by atoms with van der Waals surface area (Å²) in [5, 5.41) is 3.40. The average Bonchev–Trinajstić information content (AvgIpc) is 2.99. The molecule has 2 aliphatic carbocycles. The van der Waals surface area contributed by atoms with Crippen LogP contribution in [-0.2, 0) is 9.84 Å². The highest BCUT2D eigenvalue weighted by Crippen LogP contribution is 2.50. The Morgan fingerprint density at radius 1 is 1.26 bits per heavy atom. The Morgan fingerprint density at radius 2 is 2.05 bits per heavy atom. The van der Waals surface area contributed by atoms with Crippen molar-refractivity contribution in [2.45, 2.75) is 57.9 Å². The monoisotopic (exact) mass is 287 g/mol. The van der Waals surface area contributed by atoms with Crippen LogP contribution in [0.5, 0.6) is 0 Å². The quantitative estimate of drug-likeness (QED) is 0.746. The van der Waals surface area contributed by atoms with Crippen LogP contribution in [0.3, 0.4) is 0 Å². The summed E-state index contributed by atoms with van der Waals surface area (Å²) in [5.74, 6) is 3.52. The first-order valence-corrected chi connectivity index (χ1v) is 9.74. The molecular formula is C15H29NO2S. The lowest BCUT2D eigenvalue weighted by Crippen LogP contribution is -2.30. The summed E-state index contributed by atoms with van der Waals surface area (Å²) >= 11 is 0. The van der Waals surface area contributed by atoms with Gasteiger partial charge in [-0.25, -0.2) is 8.42 Å². The normalized spacial score (nSPS) is 31.8. The zero-order chi connectivity index (χ0) is 13.9. The number of nitrogens with one attached hydrogen (secondary N) is 1. The van der Waals surface area contributed by atoms with E-state index in [-0.39, 0.29) is 5.75 Å². The lowest BCUT2D eigenvalue weighted by molar-refractivity contribution is 0.276. The molecule has 3 nitrogen and oxygen atoms in total. The van der Waals surface area contributed by atoms with E-state index in [2.05, 4.69) is 5.32 Å². The summed E-state index contributed by atoms with van der Waals surface area (Å²) in [6.07, 6.45) is 8.85. The molecule has 0 aliphatic heterocycles. The first-order valence-electron chi connectivity index (χ1n) is 7.91. The predicted molar refractivity (Wildman–Crippen MR) is 80.0 cm³/mol. The standard InChI is InChI=1S/C15H29NO2S/c1-3-19(17,18)8-4-5-15(16-2)11-14-10-12-6-7-13(14)9-12/h12-16H,3-11H2,1-2H3. The van der Waals surface area contributed by atoms with Crippen molar-refractivity contribution in [1.82, 2.24) is 5.32 Å². The first kappa shape index (κ1) is 15.3. The lowest BCUT2D eigenvalue weighted by atomic mass is 9.83. The van der Waals surface area contributed by atoms with Crippen molar-refractivity contribution in [3.63, 3.8) is 0 Å². The maximum Gasteiger partial charge on any atom is 0.150 e. The molecule has 4 atom stereocenters. The highest BCUT2D eigenvalue weighted by molar-refractivity contribution is 7.91. The number of fused-ring (bicyclic) bond motifs is 2. The van der Waals surface area contributed by atoms with Gasteiger partial charge in [0.1, 0.15) is 9.84 Å². The van der Waals surface area contributed by atoms with Crippen molar-refractivity contribution in [3.8, 4) is 0 Å². The van der Waals surface area contributed by atoms with E-state index in [1.807, 2.05) is 7.05 Å². The third kappa shape index (κ3) is 4.19. The van der Waals surface area contributed by atoms with Crippen molar-refractivity contribution < 1.29 is 8.42 Å². The summed E-state index contributed by atoms with van der Waals surface area (Å²) in [6, 6.07) is 0.511. The Bertz CT molecular complexity index is 380. The van der Waals surface area contributed by atoms with Gasteiger partial charge in [-0.3, -0.25) is 0 Å². The van der Waals surface area contributed by atoms with Crippen molar-refractivity contribution in [2.75, 3.05) is 18.6 Å². The van der Waals surface area contributed by atoms with Crippen LogP contribution in [-0.4, -0.2) is 33.0 Å². The Kier molecular flexibility index (Phi) is 5.29. The third-order valence-corrected chi connectivity index (χ3v) is 7.12. The predicted octanol–water partition coefficient (Wildman–Crippen LogP) is 2.62. The topological polar surface area (TPSA) is 46.2 Å². The molecule has 2 bridgehead atoms. The van der Waals surface area contributed by atoms with E-state index < -0.39 is 9.84 Å². The van der Waals surface area contributed by atoms with E-state index in [0.29, 0.717) is 11.8 Å². The Labute approximate surface area is 118 Å². The van der Waals surface area contributed by atoms with Gasteiger partial charge >= 0.3 is 0 Å². The van der Waals surface area contributed by atoms with Gasteiger partial charge in [-0.05, 0) is 63.3 Å². The van der Waals surface area contributed by atoms with Crippen LogP contribution >= 0.6 is 0 Å². The van der Waals surface area contributed by atoms with Crippen molar-refractivity contribution in [3.05, 3.63) is 0 Å². The molecule has 0 amide bonds. The van der Waals surface area contributed by atoms with Gasteiger partial charge in [0.05, 0.1) is 5.75 Å². The van der Waals surface area contributed by atoms with Crippen LogP contribution in [0.4, 0.5) is 0 Å². The molecule has 2 aliphatic rings. The third-order valence-electron chi connectivity index (χ3n) is 5.33. The summed E-state index contributed by atoms with van der Waals surface area (Å²) < 4.78 is 23.0. The second kappa shape index (κ2) is 6.57. The Balaban J connectivity index is 1.72. The molecule has 4 heteroatoms. The minimum absolute atomic E-state index is 0.281. The highest BCUT2D eigenvalue weighted by Gasteiger charge is 2.39. The zero-order valence-corrected chi connectivity index (χ0v) is 13.2. The van der Waals surface area contributed by atoms with Gasteiger partial charge in [0, 0.05) is 11.8 Å². The minimum atomic E-state index is -2.79. The molecule has 0 aromatic rings. The van der Waals surface area contributed by atoms with Crippen LogP contribution in [0, 0.1) is 17.8 Å². The highest BCUT2D eigenvalue weighted by atomic mass is 32.2. The fourth-order valence-corrected chi connectivity index (χ4v) is 5.00. The molecule has 4 unspecified atom stereocenters. The van der Waals surface area contributed by atoms with E-state index in [0.717, 1.165) is 30.6 Å². The Morgan fingerprint density at radius 3 is 2.58 bits per heavy atom. The molecule has 0 saturated heterocycles. The van der Waals surface area contributed by atoms with Gasteiger partial charge in [0.25, 0.3) is 0 Å². The van der Waals surface area contributed by atoms with Crippen LogP contribution in [0.1, 0.15) is 51.9 Å². The van der Waals surface area contributed by atoms with Crippen LogP contribution in [0.15, 0.2) is 0 Å². The van der Waals surface area contributed by atoms with Crippen LogP contribution in [0.25, 0.3) is 0 Å². The average molecular weight is 287 g/mol. The molecule has 19 heavy (non-hydrogen) atoms. The number of hydrogen-bond acceptors (Lipinski definition) is 3.